The smallest absolute Gasteiger partial charge is 0.227 e. The Morgan fingerprint density at radius 3 is 1.71 bits per heavy atom. The number of para-hydroxylation sites is 1. The largest absolute Gasteiger partial charge is 0.435 e. The van der Waals surface area contributed by atoms with Crippen molar-refractivity contribution in [3.63, 3.8) is 0 Å². The van der Waals surface area contributed by atoms with Crippen LogP contribution in [0.2, 0.25) is 0 Å². The fraction of sp³-hybridized carbons (Fsp3) is 0. The Morgan fingerprint density at radius 2 is 0.923 bits per heavy atom. The first-order valence-corrected chi connectivity index (χ1v) is 17.6. The van der Waals surface area contributed by atoms with E-state index in [-0.39, 0.29) is 0 Å². The third-order valence-electron chi connectivity index (χ3n) is 10.1. The first kappa shape index (κ1) is 29.9. The van der Waals surface area contributed by atoms with Crippen LogP contribution in [0.1, 0.15) is 0 Å². The highest BCUT2D eigenvalue weighted by atomic mass is 16.3. The van der Waals surface area contributed by atoms with Crippen molar-refractivity contribution in [2.75, 3.05) is 4.90 Å². The van der Waals surface area contributed by atoms with Crippen molar-refractivity contribution in [3.05, 3.63) is 194 Å². The Labute approximate surface area is 301 Å². The van der Waals surface area contributed by atoms with Crippen LogP contribution in [0.15, 0.2) is 199 Å². The number of nitrogens with zero attached hydrogens (tertiary/aromatic N) is 2. The van der Waals surface area contributed by atoms with Gasteiger partial charge in [-0.2, -0.15) is 0 Å². The van der Waals surface area contributed by atoms with Crippen LogP contribution in [0.3, 0.4) is 0 Å². The van der Waals surface area contributed by atoms with E-state index in [1.807, 2.05) is 36.4 Å². The van der Waals surface area contributed by atoms with Crippen molar-refractivity contribution in [1.82, 2.24) is 4.98 Å². The summed E-state index contributed by atoms with van der Waals surface area (Å²) < 4.78 is 6.61. The van der Waals surface area contributed by atoms with E-state index < -0.39 is 0 Å². The molecule has 0 radical (unpaired) electrons. The molecule has 10 rings (SSSR count). The summed E-state index contributed by atoms with van der Waals surface area (Å²) >= 11 is 0. The molecule has 10 aromatic rings. The Bertz CT molecular complexity index is 2880. The molecule has 0 unspecified atom stereocenters. The molecule has 1 heterocycles. The lowest BCUT2D eigenvalue weighted by Gasteiger charge is -2.27. The molecule has 0 aliphatic carbocycles. The number of benzene rings is 9. The van der Waals surface area contributed by atoms with Gasteiger partial charge in [-0.15, -0.1) is 0 Å². The molecule has 0 amide bonds. The van der Waals surface area contributed by atoms with Gasteiger partial charge in [0.1, 0.15) is 5.52 Å². The number of rotatable bonds is 6. The highest BCUT2D eigenvalue weighted by Gasteiger charge is 2.20. The van der Waals surface area contributed by atoms with Gasteiger partial charge in [-0.1, -0.05) is 146 Å². The minimum atomic E-state index is 0.614. The number of hydrogen-bond donors (Lipinski definition) is 0. The SMILES string of the molecule is c1ccc(-c2nc3c(-c4ccccc4)ccc(-c4ccc(N(c5ccccc5)c5cccc6c5ccc5c7ccccc7ccc65)cc4)c3o2)cc1. The van der Waals surface area contributed by atoms with Crippen molar-refractivity contribution >= 4 is 60.5 Å². The molecular formula is C49H32N2O. The van der Waals surface area contributed by atoms with Gasteiger partial charge in [-0.05, 0) is 86.6 Å². The van der Waals surface area contributed by atoms with Gasteiger partial charge in [0.05, 0.1) is 5.69 Å². The van der Waals surface area contributed by atoms with Crippen molar-refractivity contribution in [3.8, 4) is 33.7 Å². The molecule has 1 aromatic heterocycles. The molecular weight excluding hydrogens is 633 g/mol. The van der Waals surface area contributed by atoms with Gasteiger partial charge in [0.15, 0.2) is 5.58 Å². The van der Waals surface area contributed by atoms with Gasteiger partial charge < -0.3 is 9.32 Å². The van der Waals surface area contributed by atoms with Crippen LogP contribution >= 0.6 is 0 Å². The third kappa shape index (κ3) is 5.02. The van der Waals surface area contributed by atoms with Gasteiger partial charge in [0, 0.05) is 33.5 Å². The van der Waals surface area contributed by atoms with Crippen LogP contribution in [0.25, 0.3) is 77.1 Å². The summed E-state index contributed by atoms with van der Waals surface area (Å²) in [5, 5.41) is 7.49. The lowest BCUT2D eigenvalue weighted by Crippen LogP contribution is -2.10. The highest BCUT2D eigenvalue weighted by molar-refractivity contribution is 6.19. The Kier molecular flexibility index (Phi) is 7.14. The second-order valence-corrected chi connectivity index (χ2v) is 13.1. The van der Waals surface area contributed by atoms with Crippen LogP contribution in [-0.2, 0) is 0 Å². The molecule has 9 aromatic carbocycles. The second kappa shape index (κ2) is 12.4. The van der Waals surface area contributed by atoms with Gasteiger partial charge >= 0.3 is 0 Å². The normalized spacial score (nSPS) is 11.5. The summed E-state index contributed by atoms with van der Waals surface area (Å²) in [4.78, 5) is 7.42. The minimum Gasteiger partial charge on any atom is -0.435 e. The minimum absolute atomic E-state index is 0.614. The van der Waals surface area contributed by atoms with E-state index in [9.17, 15) is 0 Å². The van der Waals surface area contributed by atoms with Crippen molar-refractivity contribution in [2.45, 2.75) is 0 Å². The van der Waals surface area contributed by atoms with Crippen LogP contribution in [0, 0.1) is 0 Å². The van der Waals surface area contributed by atoms with E-state index in [0.717, 1.165) is 56.0 Å². The molecule has 0 saturated carbocycles. The summed E-state index contributed by atoms with van der Waals surface area (Å²) in [5.41, 5.74) is 10.1. The average molecular weight is 665 g/mol. The zero-order valence-corrected chi connectivity index (χ0v) is 28.3. The molecule has 244 valence electrons. The summed E-state index contributed by atoms with van der Waals surface area (Å²) in [7, 11) is 0. The van der Waals surface area contributed by atoms with Gasteiger partial charge in [0.2, 0.25) is 5.89 Å². The maximum atomic E-state index is 6.61. The Morgan fingerprint density at radius 1 is 0.365 bits per heavy atom. The fourth-order valence-corrected chi connectivity index (χ4v) is 7.62. The van der Waals surface area contributed by atoms with E-state index >= 15 is 0 Å². The van der Waals surface area contributed by atoms with Gasteiger partial charge in [-0.3, -0.25) is 0 Å². The summed E-state index contributed by atoms with van der Waals surface area (Å²) in [5.74, 6) is 0.614. The maximum absolute atomic E-state index is 6.61. The Balaban J connectivity index is 1.11. The molecule has 0 atom stereocenters. The topological polar surface area (TPSA) is 29.3 Å². The molecule has 0 fully saturated rings. The lowest BCUT2D eigenvalue weighted by molar-refractivity contribution is 0.621. The van der Waals surface area contributed by atoms with E-state index in [4.69, 9.17) is 9.40 Å². The number of aromatic nitrogens is 1. The first-order valence-electron chi connectivity index (χ1n) is 17.6. The molecule has 52 heavy (non-hydrogen) atoms. The second-order valence-electron chi connectivity index (χ2n) is 13.1. The monoisotopic (exact) mass is 664 g/mol. The van der Waals surface area contributed by atoms with E-state index in [1.54, 1.807) is 0 Å². The highest BCUT2D eigenvalue weighted by Crippen LogP contribution is 2.43. The number of anilines is 3. The number of hydrogen-bond acceptors (Lipinski definition) is 3. The third-order valence-corrected chi connectivity index (χ3v) is 10.1. The molecule has 3 heteroatoms. The summed E-state index contributed by atoms with van der Waals surface area (Å²) in [6.45, 7) is 0. The zero-order chi connectivity index (χ0) is 34.4. The van der Waals surface area contributed by atoms with E-state index in [2.05, 4.69) is 163 Å². The Hall–Kier alpha value is -6.97. The van der Waals surface area contributed by atoms with Crippen LogP contribution in [-0.4, -0.2) is 4.98 Å². The standard InChI is InChI=1S/C49H32N2O/c1-4-13-33(14-5-1)40-29-30-41(48-47(40)50-49(52-48)36-16-6-2-7-17-36)35-23-26-38(27-24-35)51(37-18-8-3-9-19-37)46-22-12-21-42-44-28-25-34-15-10-11-20-39(34)43(44)31-32-45(42)46/h1-32H. The predicted molar refractivity (Wildman–Crippen MR) is 218 cm³/mol. The number of oxazole rings is 1. The predicted octanol–water partition coefficient (Wildman–Crippen LogP) is 13.8. The average Bonchev–Trinajstić information content (AvgIpc) is 3.68. The fourth-order valence-electron chi connectivity index (χ4n) is 7.62. The molecule has 0 aliphatic rings. The van der Waals surface area contributed by atoms with Crippen molar-refractivity contribution in [2.24, 2.45) is 0 Å². The van der Waals surface area contributed by atoms with Crippen LogP contribution < -0.4 is 4.90 Å². The maximum Gasteiger partial charge on any atom is 0.227 e. The quantitative estimate of drug-likeness (QED) is 0.166. The summed E-state index contributed by atoms with van der Waals surface area (Å²) in [6.07, 6.45) is 0. The number of fused-ring (bicyclic) bond motifs is 6. The van der Waals surface area contributed by atoms with E-state index in [0.29, 0.717) is 5.89 Å². The molecule has 0 N–H and O–H groups in total. The first-order chi connectivity index (χ1) is 25.8. The molecule has 3 nitrogen and oxygen atoms in total. The van der Waals surface area contributed by atoms with Crippen molar-refractivity contribution < 1.29 is 4.42 Å². The summed E-state index contributed by atoms with van der Waals surface area (Å²) in [6, 6.07) is 68.6. The van der Waals surface area contributed by atoms with Crippen LogP contribution in [0.4, 0.5) is 17.1 Å². The van der Waals surface area contributed by atoms with Crippen molar-refractivity contribution in [1.29, 1.82) is 0 Å². The molecule has 0 saturated heterocycles. The zero-order valence-electron chi connectivity index (χ0n) is 28.3. The molecule has 0 bridgehead atoms. The van der Waals surface area contributed by atoms with Gasteiger partial charge in [-0.25, -0.2) is 4.98 Å². The molecule has 0 aliphatic heterocycles. The lowest BCUT2D eigenvalue weighted by atomic mass is 9.96. The van der Waals surface area contributed by atoms with Gasteiger partial charge in [0.25, 0.3) is 0 Å². The van der Waals surface area contributed by atoms with Crippen LogP contribution in [0.5, 0.6) is 0 Å². The van der Waals surface area contributed by atoms with E-state index in [1.165, 1.54) is 32.3 Å². The molecule has 0 spiro atoms.